The number of fused-ring (bicyclic) bond motifs is 1. The fourth-order valence-corrected chi connectivity index (χ4v) is 2.48. The van der Waals surface area contributed by atoms with Crippen molar-refractivity contribution in [3.05, 3.63) is 59.3 Å². The van der Waals surface area contributed by atoms with Crippen molar-refractivity contribution in [3.63, 3.8) is 0 Å². The van der Waals surface area contributed by atoms with Crippen LogP contribution in [0.4, 0.5) is 0 Å². The molecule has 0 radical (unpaired) electrons. The highest BCUT2D eigenvalue weighted by atomic mass is 35.5. The summed E-state index contributed by atoms with van der Waals surface area (Å²) in [5, 5.41) is 1.13. The van der Waals surface area contributed by atoms with Crippen LogP contribution in [-0.2, 0) is 9.59 Å². The number of imide groups is 1. The number of rotatable bonds is 2. The van der Waals surface area contributed by atoms with Crippen molar-refractivity contribution in [1.29, 1.82) is 0 Å². The Bertz CT molecular complexity index is 811. The lowest BCUT2D eigenvalue weighted by molar-refractivity contribution is -0.139. The van der Waals surface area contributed by atoms with E-state index in [1.54, 1.807) is 12.2 Å². The first-order valence-electron chi connectivity index (χ1n) is 6.90. The first kappa shape index (κ1) is 14.5. The average molecular weight is 313 g/mol. The summed E-state index contributed by atoms with van der Waals surface area (Å²) in [5.41, 5.74) is 1.52. The molecule has 5 heteroatoms. The van der Waals surface area contributed by atoms with Crippen LogP contribution < -0.4 is 0 Å². The smallest absolute Gasteiger partial charge is 0.271 e. The van der Waals surface area contributed by atoms with E-state index in [1.807, 2.05) is 36.4 Å². The molecule has 3 rings (SSSR count). The van der Waals surface area contributed by atoms with Gasteiger partial charge in [-0.2, -0.15) is 0 Å². The van der Waals surface area contributed by atoms with Crippen molar-refractivity contribution in [2.24, 2.45) is 0 Å². The molecule has 2 heterocycles. The third-order valence-corrected chi connectivity index (χ3v) is 3.72. The molecule has 0 aliphatic carbocycles. The molecule has 1 aliphatic rings. The molecule has 0 N–H and O–H groups in total. The molecule has 110 valence electrons. The number of hydrogen-bond acceptors (Lipinski definition) is 3. The molecule has 2 aromatic rings. The van der Waals surface area contributed by atoms with Crippen LogP contribution >= 0.6 is 11.6 Å². The maximum absolute atomic E-state index is 12.1. The van der Waals surface area contributed by atoms with Crippen molar-refractivity contribution >= 4 is 40.4 Å². The second kappa shape index (κ2) is 6.12. The number of aromatic nitrogens is 1. The zero-order valence-electron chi connectivity index (χ0n) is 11.7. The van der Waals surface area contributed by atoms with Gasteiger partial charge in [-0.15, -0.1) is 0 Å². The zero-order chi connectivity index (χ0) is 15.5. The summed E-state index contributed by atoms with van der Waals surface area (Å²) < 4.78 is 0. The van der Waals surface area contributed by atoms with Gasteiger partial charge in [-0.05, 0) is 24.6 Å². The highest BCUT2D eigenvalue weighted by molar-refractivity contribution is 6.43. The first-order valence-corrected chi connectivity index (χ1v) is 7.28. The fourth-order valence-electron chi connectivity index (χ4n) is 2.27. The molecular formula is C17H13ClN2O2. The average Bonchev–Trinajstić information content (AvgIpc) is 2.55. The van der Waals surface area contributed by atoms with Gasteiger partial charge in [0.05, 0.1) is 11.2 Å². The Balaban J connectivity index is 1.79. The molecule has 4 nitrogen and oxygen atoms in total. The van der Waals surface area contributed by atoms with Crippen LogP contribution in [0.25, 0.3) is 17.0 Å². The molecule has 2 amide bonds. The summed E-state index contributed by atoms with van der Waals surface area (Å²) in [6, 6.07) is 11.5. The molecule has 1 aromatic carbocycles. The number of para-hydroxylation sites is 1. The van der Waals surface area contributed by atoms with Crippen molar-refractivity contribution in [2.75, 3.05) is 6.54 Å². The minimum absolute atomic E-state index is 0.0943. The van der Waals surface area contributed by atoms with Gasteiger partial charge in [0.25, 0.3) is 11.8 Å². The lowest BCUT2D eigenvalue weighted by Crippen LogP contribution is -2.38. The number of amides is 2. The minimum Gasteiger partial charge on any atom is -0.274 e. The lowest BCUT2D eigenvalue weighted by Gasteiger charge is -2.21. The number of hydrogen-bond donors (Lipinski definition) is 0. The highest BCUT2D eigenvalue weighted by Gasteiger charge is 2.24. The molecule has 0 saturated heterocycles. The predicted molar refractivity (Wildman–Crippen MR) is 86.1 cm³/mol. The van der Waals surface area contributed by atoms with Gasteiger partial charge in [0.1, 0.15) is 5.03 Å². The quantitative estimate of drug-likeness (QED) is 0.801. The van der Waals surface area contributed by atoms with E-state index < -0.39 is 5.91 Å². The molecule has 0 spiro atoms. The van der Waals surface area contributed by atoms with Crippen LogP contribution in [0.1, 0.15) is 12.1 Å². The third kappa shape index (κ3) is 2.92. The first-order chi connectivity index (χ1) is 10.6. The maximum atomic E-state index is 12.1. The van der Waals surface area contributed by atoms with E-state index in [0.29, 0.717) is 18.7 Å². The molecule has 1 aliphatic heterocycles. The van der Waals surface area contributed by atoms with E-state index in [-0.39, 0.29) is 10.9 Å². The van der Waals surface area contributed by atoms with Gasteiger partial charge in [0.15, 0.2) is 0 Å². The highest BCUT2D eigenvalue weighted by Crippen LogP contribution is 2.16. The number of pyridine rings is 1. The summed E-state index contributed by atoms with van der Waals surface area (Å²) in [7, 11) is 0. The van der Waals surface area contributed by atoms with Crippen LogP contribution in [0.5, 0.6) is 0 Å². The molecule has 22 heavy (non-hydrogen) atoms. The number of carbonyl (C=O) groups is 2. The van der Waals surface area contributed by atoms with Crippen LogP contribution in [0.15, 0.2) is 53.6 Å². The zero-order valence-corrected chi connectivity index (χ0v) is 12.5. The number of carbonyl (C=O) groups excluding carboxylic acids is 2. The van der Waals surface area contributed by atoms with E-state index in [4.69, 9.17) is 11.6 Å². The van der Waals surface area contributed by atoms with E-state index >= 15 is 0 Å². The van der Waals surface area contributed by atoms with E-state index in [0.717, 1.165) is 15.8 Å². The summed E-state index contributed by atoms with van der Waals surface area (Å²) in [4.78, 5) is 29.5. The van der Waals surface area contributed by atoms with Crippen molar-refractivity contribution in [2.45, 2.75) is 6.42 Å². The summed E-state index contributed by atoms with van der Waals surface area (Å²) in [5.74, 6) is -0.833. The number of benzene rings is 1. The lowest BCUT2D eigenvalue weighted by atomic mass is 10.2. The summed E-state index contributed by atoms with van der Waals surface area (Å²) in [6.07, 6.45) is 5.17. The summed E-state index contributed by atoms with van der Waals surface area (Å²) in [6.45, 7) is 0.351. The van der Waals surface area contributed by atoms with Crippen molar-refractivity contribution in [3.8, 4) is 0 Å². The Morgan fingerprint density at radius 1 is 1.23 bits per heavy atom. The third-order valence-electron chi connectivity index (χ3n) is 3.41. The van der Waals surface area contributed by atoms with Gasteiger partial charge < -0.3 is 0 Å². The van der Waals surface area contributed by atoms with Gasteiger partial charge in [0, 0.05) is 18.0 Å². The summed E-state index contributed by atoms with van der Waals surface area (Å²) >= 11 is 5.77. The standard InChI is InChI=1S/C17H13ClN2O2/c18-14-5-3-11-20(17(14)22)16(21)10-9-13-8-7-12-4-1-2-6-15(12)19-13/h1-2,4-10H,3,11H2/b10-9+. The second-order valence-corrected chi connectivity index (χ2v) is 5.31. The van der Waals surface area contributed by atoms with Gasteiger partial charge in [-0.1, -0.05) is 41.9 Å². The predicted octanol–water partition coefficient (Wildman–Crippen LogP) is 3.13. The Morgan fingerprint density at radius 3 is 2.91 bits per heavy atom. The van der Waals surface area contributed by atoms with Crippen LogP contribution in [-0.4, -0.2) is 28.2 Å². The van der Waals surface area contributed by atoms with Gasteiger partial charge in [-0.25, -0.2) is 4.98 Å². The fraction of sp³-hybridized carbons (Fsp3) is 0.118. The van der Waals surface area contributed by atoms with Crippen LogP contribution in [0.2, 0.25) is 0 Å². The monoisotopic (exact) mass is 312 g/mol. The van der Waals surface area contributed by atoms with Crippen molar-refractivity contribution in [1.82, 2.24) is 9.88 Å². The molecular weight excluding hydrogens is 300 g/mol. The van der Waals surface area contributed by atoms with E-state index in [2.05, 4.69) is 4.98 Å². The van der Waals surface area contributed by atoms with E-state index in [1.165, 1.54) is 6.08 Å². The Morgan fingerprint density at radius 2 is 2.05 bits per heavy atom. The largest absolute Gasteiger partial charge is 0.274 e. The molecule has 0 atom stereocenters. The second-order valence-electron chi connectivity index (χ2n) is 4.90. The SMILES string of the molecule is O=C(/C=C/c1ccc2ccccc2n1)N1CCC=C(Cl)C1=O. The number of nitrogens with zero attached hydrogens (tertiary/aromatic N) is 2. The van der Waals surface area contributed by atoms with Crippen LogP contribution in [0, 0.1) is 0 Å². The molecule has 0 saturated carbocycles. The van der Waals surface area contributed by atoms with Crippen molar-refractivity contribution < 1.29 is 9.59 Å². The minimum atomic E-state index is -0.450. The Labute approximate surface area is 132 Å². The van der Waals surface area contributed by atoms with Gasteiger partial charge in [0.2, 0.25) is 0 Å². The van der Waals surface area contributed by atoms with E-state index in [9.17, 15) is 9.59 Å². The Hall–Kier alpha value is -2.46. The topological polar surface area (TPSA) is 50.3 Å². The maximum Gasteiger partial charge on any atom is 0.271 e. The molecule has 0 unspecified atom stereocenters. The van der Waals surface area contributed by atoms with Gasteiger partial charge >= 0.3 is 0 Å². The normalized spacial score (nSPS) is 15.4. The molecule has 0 bridgehead atoms. The molecule has 0 fully saturated rings. The molecule has 1 aromatic heterocycles. The van der Waals surface area contributed by atoms with Crippen LogP contribution in [0.3, 0.4) is 0 Å². The number of halogens is 1. The van der Waals surface area contributed by atoms with Gasteiger partial charge in [-0.3, -0.25) is 14.5 Å². The Kier molecular flexibility index (Phi) is 4.02.